The standard InChI is InChI=1S/C16H22ClNO2S/c17-14-10-13(4-5-15(14)18)21(19)11-12-6-9-16(20-12)7-2-1-3-8-16/h4-5,10,12H,1-3,6-9,11,18H2. The number of benzene rings is 1. The average molecular weight is 328 g/mol. The van der Waals surface area contributed by atoms with E-state index in [2.05, 4.69) is 0 Å². The van der Waals surface area contributed by atoms with Gasteiger partial charge in [-0.05, 0) is 43.9 Å². The van der Waals surface area contributed by atoms with E-state index in [-0.39, 0.29) is 11.7 Å². The lowest BCUT2D eigenvalue weighted by Crippen LogP contribution is -2.32. The summed E-state index contributed by atoms with van der Waals surface area (Å²) in [5, 5.41) is 0.469. The zero-order valence-corrected chi connectivity index (χ0v) is 13.7. The molecule has 5 heteroatoms. The van der Waals surface area contributed by atoms with Crippen molar-refractivity contribution in [1.29, 1.82) is 0 Å². The van der Waals surface area contributed by atoms with E-state index >= 15 is 0 Å². The smallest absolute Gasteiger partial charge is 0.0702 e. The molecule has 2 N–H and O–H groups in total. The van der Waals surface area contributed by atoms with Crippen LogP contribution in [0.3, 0.4) is 0 Å². The lowest BCUT2D eigenvalue weighted by molar-refractivity contribution is -0.0557. The number of hydrogen-bond donors (Lipinski definition) is 1. The van der Waals surface area contributed by atoms with Gasteiger partial charge in [0.25, 0.3) is 0 Å². The molecule has 0 radical (unpaired) electrons. The van der Waals surface area contributed by atoms with E-state index < -0.39 is 10.8 Å². The molecule has 3 rings (SSSR count). The minimum absolute atomic E-state index is 0.0892. The topological polar surface area (TPSA) is 52.3 Å². The zero-order valence-electron chi connectivity index (χ0n) is 12.1. The van der Waals surface area contributed by atoms with E-state index in [1.807, 2.05) is 0 Å². The third kappa shape index (κ3) is 3.43. The Labute approximate surface area is 133 Å². The first kappa shape index (κ1) is 15.3. The summed E-state index contributed by atoms with van der Waals surface area (Å²) in [6.45, 7) is 0. The van der Waals surface area contributed by atoms with Gasteiger partial charge in [-0.25, -0.2) is 0 Å². The molecule has 0 amide bonds. The molecule has 0 bridgehead atoms. The normalized spacial score (nSPS) is 26.0. The lowest BCUT2D eigenvalue weighted by atomic mass is 9.83. The Bertz CT molecular complexity index is 543. The molecule has 1 aliphatic heterocycles. The van der Waals surface area contributed by atoms with Crippen molar-refractivity contribution in [3.05, 3.63) is 23.2 Å². The van der Waals surface area contributed by atoms with E-state index in [9.17, 15) is 4.21 Å². The highest BCUT2D eigenvalue weighted by Crippen LogP contribution is 2.42. The zero-order chi connectivity index (χ0) is 14.9. The SMILES string of the molecule is Nc1ccc(S(=O)CC2CCC3(CCCCC3)O2)cc1Cl. The van der Waals surface area contributed by atoms with Gasteiger partial charge in [-0.15, -0.1) is 0 Å². The van der Waals surface area contributed by atoms with E-state index in [1.54, 1.807) is 18.2 Å². The van der Waals surface area contributed by atoms with Gasteiger partial charge in [-0.2, -0.15) is 0 Å². The molecule has 1 aromatic carbocycles. The summed E-state index contributed by atoms with van der Waals surface area (Å²) in [5.74, 6) is 0.558. The first-order valence-corrected chi connectivity index (χ1v) is 9.39. The summed E-state index contributed by atoms with van der Waals surface area (Å²) in [7, 11) is -1.08. The summed E-state index contributed by atoms with van der Waals surface area (Å²) in [5.41, 5.74) is 6.30. The molecule has 1 spiro atoms. The van der Waals surface area contributed by atoms with Crippen LogP contribution in [0.2, 0.25) is 5.02 Å². The molecule has 1 aromatic rings. The van der Waals surface area contributed by atoms with Gasteiger partial charge in [0.05, 0.1) is 39.0 Å². The first-order valence-electron chi connectivity index (χ1n) is 7.69. The van der Waals surface area contributed by atoms with Crippen LogP contribution in [0, 0.1) is 0 Å². The summed E-state index contributed by atoms with van der Waals surface area (Å²) < 4.78 is 18.8. The van der Waals surface area contributed by atoms with E-state index in [0.29, 0.717) is 16.5 Å². The summed E-state index contributed by atoms with van der Waals surface area (Å²) >= 11 is 6.00. The molecular weight excluding hydrogens is 306 g/mol. The second kappa shape index (κ2) is 6.27. The van der Waals surface area contributed by atoms with Crippen molar-refractivity contribution in [3.8, 4) is 0 Å². The molecule has 1 aliphatic carbocycles. The Morgan fingerprint density at radius 2 is 2.05 bits per heavy atom. The van der Waals surface area contributed by atoms with Gasteiger partial charge in [0, 0.05) is 4.90 Å². The fourth-order valence-electron chi connectivity index (χ4n) is 3.49. The number of ether oxygens (including phenoxy) is 1. The minimum Gasteiger partial charge on any atom is -0.398 e. The fourth-order valence-corrected chi connectivity index (χ4v) is 4.97. The maximum Gasteiger partial charge on any atom is 0.0702 e. The third-order valence-corrected chi connectivity index (χ3v) is 6.46. The Morgan fingerprint density at radius 1 is 1.29 bits per heavy atom. The number of hydrogen-bond acceptors (Lipinski definition) is 3. The minimum atomic E-state index is -1.08. The quantitative estimate of drug-likeness (QED) is 0.856. The van der Waals surface area contributed by atoms with Crippen molar-refractivity contribution in [2.75, 3.05) is 11.5 Å². The van der Waals surface area contributed by atoms with Gasteiger partial charge in [0.1, 0.15) is 0 Å². The van der Waals surface area contributed by atoms with Crippen molar-refractivity contribution in [2.24, 2.45) is 0 Å². The monoisotopic (exact) mass is 327 g/mol. The highest BCUT2D eigenvalue weighted by Gasteiger charge is 2.41. The Balaban J connectivity index is 1.61. The third-order valence-electron chi connectivity index (χ3n) is 4.68. The van der Waals surface area contributed by atoms with Crippen molar-refractivity contribution in [2.45, 2.75) is 61.5 Å². The van der Waals surface area contributed by atoms with E-state index in [1.165, 1.54) is 32.1 Å². The molecule has 2 atom stereocenters. The molecule has 3 nitrogen and oxygen atoms in total. The van der Waals surface area contributed by atoms with Gasteiger partial charge in [-0.1, -0.05) is 30.9 Å². The summed E-state index contributed by atoms with van der Waals surface area (Å²) in [6.07, 6.45) is 8.46. The maximum absolute atomic E-state index is 12.5. The van der Waals surface area contributed by atoms with Crippen LogP contribution < -0.4 is 5.73 Å². The predicted octanol–water partition coefficient (Wildman–Crippen LogP) is 3.91. The second-order valence-electron chi connectivity index (χ2n) is 6.22. The van der Waals surface area contributed by atoms with Gasteiger partial charge in [0.2, 0.25) is 0 Å². The first-order chi connectivity index (χ1) is 10.1. The van der Waals surface area contributed by atoms with Crippen LogP contribution in [0.1, 0.15) is 44.9 Å². The van der Waals surface area contributed by atoms with Crippen LogP contribution in [-0.4, -0.2) is 21.7 Å². The molecule has 2 aliphatic rings. The summed E-state index contributed by atoms with van der Waals surface area (Å²) in [6, 6.07) is 5.22. The van der Waals surface area contributed by atoms with Gasteiger partial charge < -0.3 is 10.5 Å². The molecule has 2 fully saturated rings. The van der Waals surface area contributed by atoms with E-state index in [4.69, 9.17) is 22.1 Å². The number of halogens is 1. The van der Waals surface area contributed by atoms with Crippen molar-refractivity contribution in [3.63, 3.8) is 0 Å². The molecule has 0 aromatic heterocycles. The van der Waals surface area contributed by atoms with Crippen LogP contribution in [0.25, 0.3) is 0 Å². The molecule has 1 saturated heterocycles. The van der Waals surface area contributed by atoms with Crippen LogP contribution in [0.5, 0.6) is 0 Å². The molecule has 1 heterocycles. The Morgan fingerprint density at radius 3 is 2.76 bits per heavy atom. The lowest BCUT2D eigenvalue weighted by Gasteiger charge is -2.33. The Kier molecular flexibility index (Phi) is 4.57. The van der Waals surface area contributed by atoms with Crippen LogP contribution >= 0.6 is 11.6 Å². The predicted molar refractivity (Wildman–Crippen MR) is 87.1 cm³/mol. The molecule has 2 unspecified atom stereocenters. The largest absolute Gasteiger partial charge is 0.398 e. The fraction of sp³-hybridized carbons (Fsp3) is 0.625. The van der Waals surface area contributed by atoms with Crippen LogP contribution in [0.15, 0.2) is 23.1 Å². The van der Waals surface area contributed by atoms with Crippen molar-refractivity contribution in [1.82, 2.24) is 0 Å². The highest BCUT2D eigenvalue weighted by atomic mass is 35.5. The number of rotatable bonds is 3. The van der Waals surface area contributed by atoms with Gasteiger partial charge in [0.15, 0.2) is 0 Å². The van der Waals surface area contributed by atoms with Gasteiger partial charge >= 0.3 is 0 Å². The number of nitrogen functional groups attached to an aromatic ring is 1. The average Bonchev–Trinajstić information content (AvgIpc) is 2.85. The number of nitrogens with two attached hydrogens (primary N) is 1. The molecule has 1 saturated carbocycles. The van der Waals surface area contributed by atoms with Crippen molar-refractivity contribution >= 4 is 28.1 Å². The molecule has 21 heavy (non-hydrogen) atoms. The Hall–Kier alpha value is -0.580. The molecular formula is C16H22ClNO2S. The van der Waals surface area contributed by atoms with E-state index in [0.717, 1.165) is 17.7 Å². The van der Waals surface area contributed by atoms with Crippen LogP contribution in [-0.2, 0) is 15.5 Å². The second-order valence-corrected chi connectivity index (χ2v) is 8.12. The summed E-state index contributed by atoms with van der Waals surface area (Å²) in [4.78, 5) is 0.738. The maximum atomic E-state index is 12.5. The number of anilines is 1. The molecule has 116 valence electrons. The van der Waals surface area contributed by atoms with Crippen LogP contribution in [0.4, 0.5) is 5.69 Å². The highest BCUT2D eigenvalue weighted by molar-refractivity contribution is 7.85. The van der Waals surface area contributed by atoms with Gasteiger partial charge in [-0.3, -0.25) is 4.21 Å². The van der Waals surface area contributed by atoms with Crippen molar-refractivity contribution < 1.29 is 8.95 Å².